The van der Waals surface area contributed by atoms with Gasteiger partial charge in [0.25, 0.3) is 11.6 Å². The summed E-state index contributed by atoms with van der Waals surface area (Å²) in [6, 6.07) is 12.3. The predicted octanol–water partition coefficient (Wildman–Crippen LogP) is 3.41. The van der Waals surface area contributed by atoms with Gasteiger partial charge in [-0.3, -0.25) is 14.9 Å². The van der Waals surface area contributed by atoms with Gasteiger partial charge >= 0.3 is 0 Å². The lowest BCUT2D eigenvalue weighted by Gasteiger charge is -2.09. The molecule has 0 saturated heterocycles. The quantitative estimate of drug-likeness (QED) is 0.455. The Morgan fingerprint density at radius 2 is 1.87 bits per heavy atom. The van der Waals surface area contributed by atoms with Crippen LogP contribution in [0.15, 0.2) is 42.5 Å². The van der Waals surface area contributed by atoms with E-state index < -0.39 is 10.8 Å². The van der Waals surface area contributed by atoms with Crippen LogP contribution in [-0.2, 0) is 0 Å². The average molecular weight is 405 g/mol. The number of nitrogens with zero attached hydrogens (tertiary/aromatic N) is 5. The first kappa shape index (κ1) is 18.2. The molecule has 1 heterocycles. The molecule has 5 rings (SSSR count). The molecular formula is C20H19N7O3. The van der Waals surface area contributed by atoms with Crippen molar-refractivity contribution >= 4 is 23.0 Å². The summed E-state index contributed by atoms with van der Waals surface area (Å²) in [4.78, 5) is 23.5. The SMILES string of the molecule is O=C(Nc1ccc(-c2nnnn2C2CC2)cc1)c1ccc(NC2CC2)c([N+](=O)[O-])c1. The van der Waals surface area contributed by atoms with Crippen LogP contribution in [0.3, 0.4) is 0 Å². The minimum atomic E-state index is -0.472. The number of nitro groups is 1. The van der Waals surface area contributed by atoms with Crippen LogP contribution in [0.4, 0.5) is 17.1 Å². The summed E-state index contributed by atoms with van der Waals surface area (Å²) in [7, 11) is 0. The maximum absolute atomic E-state index is 12.6. The van der Waals surface area contributed by atoms with E-state index in [2.05, 4.69) is 26.2 Å². The number of hydrogen-bond acceptors (Lipinski definition) is 7. The Hall–Kier alpha value is -3.82. The van der Waals surface area contributed by atoms with Crippen molar-refractivity contribution in [1.29, 1.82) is 0 Å². The summed E-state index contributed by atoms with van der Waals surface area (Å²) < 4.78 is 1.82. The van der Waals surface area contributed by atoms with Gasteiger partial charge in [0, 0.05) is 28.9 Å². The Morgan fingerprint density at radius 1 is 1.10 bits per heavy atom. The van der Waals surface area contributed by atoms with Gasteiger partial charge in [0.05, 0.1) is 11.0 Å². The molecular weight excluding hydrogens is 386 g/mol. The molecule has 2 aliphatic carbocycles. The van der Waals surface area contributed by atoms with E-state index in [-0.39, 0.29) is 17.3 Å². The number of anilines is 2. The molecule has 2 saturated carbocycles. The summed E-state index contributed by atoms with van der Waals surface area (Å²) in [6.45, 7) is 0. The summed E-state index contributed by atoms with van der Waals surface area (Å²) in [5.74, 6) is 0.288. The van der Waals surface area contributed by atoms with E-state index in [0.29, 0.717) is 23.2 Å². The molecule has 0 bridgehead atoms. The van der Waals surface area contributed by atoms with Crippen LogP contribution in [0, 0.1) is 10.1 Å². The Labute approximate surface area is 171 Å². The number of nitro benzene ring substituents is 1. The normalized spacial score (nSPS) is 15.6. The topological polar surface area (TPSA) is 128 Å². The largest absolute Gasteiger partial charge is 0.377 e. The summed E-state index contributed by atoms with van der Waals surface area (Å²) in [5, 5.41) is 29.2. The lowest BCUT2D eigenvalue weighted by molar-refractivity contribution is -0.384. The second kappa shape index (κ2) is 7.21. The fraction of sp³-hybridized carbons (Fsp3) is 0.300. The van der Waals surface area contributed by atoms with E-state index in [1.807, 2.05) is 16.8 Å². The van der Waals surface area contributed by atoms with Crippen LogP contribution in [0.5, 0.6) is 0 Å². The minimum absolute atomic E-state index is 0.100. The highest BCUT2D eigenvalue weighted by molar-refractivity contribution is 6.05. The minimum Gasteiger partial charge on any atom is -0.377 e. The molecule has 0 unspecified atom stereocenters. The molecule has 1 aromatic heterocycles. The fourth-order valence-corrected chi connectivity index (χ4v) is 3.25. The molecule has 0 radical (unpaired) electrons. The second-order valence-electron chi connectivity index (χ2n) is 7.62. The van der Waals surface area contributed by atoms with Crippen molar-refractivity contribution in [3.05, 3.63) is 58.1 Å². The number of benzene rings is 2. The standard InChI is InChI=1S/C20H19N7O3/c28-20(13-3-10-17(21-14-6-7-14)18(11-13)27(29)30)22-15-4-1-12(2-5-15)19-23-24-25-26(19)16-8-9-16/h1-5,10-11,14,16,21H,6-9H2,(H,22,28). The summed E-state index contributed by atoms with van der Waals surface area (Å²) in [6.07, 6.45) is 4.16. The van der Waals surface area contributed by atoms with Gasteiger partial charge in [-0.1, -0.05) is 0 Å². The van der Waals surface area contributed by atoms with Crippen LogP contribution in [-0.4, -0.2) is 37.1 Å². The number of amides is 1. The lowest BCUT2D eigenvalue weighted by Crippen LogP contribution is -2.13. The monoisotopic (exact) mass is 405 g/mol. The maximum atomic E-state index is 12.6. The number of tetrazole rings is 1. The third-order valence-electron chi connectivity index (χ3n) is 5.18. The first-order chi connectivity index (χ1) is 14.6. The second-order valence-corrected chi connectivity index (χ2v) is 7.62. The van der Waals surface area contributed by atoms with Gasteiger partial charge in [-0.2, -0.15) is 0 Å². The first-order valence-corrected chi connectivity index (χ1v) is 9.83. The Morgan fingerprint density at radius 3 is 2.53 bits per heavy atom. The zero-order valence-corrected chi connectivity index (χ0v) is 16.0. The third-order valence-corrected chi connectivity index (χ3v) is 5.18. The highest BCUT2D eigenvalue weighted by Gasteiger charge is 2.28. The van der Waals surface area contributed by atoms with Crippen LogP contribution in [0.1, 0.15) is 42.1 Å². The molecule has 30 heavy (non-hydrogen) atoms. The maximum Gasteiger partial charge on any atom is 0.293 e. The van der Waals surface area contributed by atoms with Gasteiger partial charge in [-0.05, 0) is 72.5 Å². The van der Waals surface area contributed by atoms with E-state index in [1.54, 1.807) is 24.3 Å². The molecule has 0 spiro atoms. The molecule has 2 N–H and O–H groups in total. The van der Waals surface area contributed by atoms with Gasteiger partial charge in [0.2, 0.25) is 0 Å². The van der Waals surface area contributed by atoms with E-state index in [1.165, 1.54) is 6.07 Å². The van der Waals surface area contributed by atoms with Crippen LogP contribution in [0.25, 0.3) is 11.4 Å². The average Bonchev–Trinajstić information content (AvgIpc) is 3.69. The number of aromatic nitrogens is 4. The Bertz CT molecular complexity index is 1120. The van der Waals surface area contributed by atoms with Crippen LogP contribution < -0.4 is 10.6 Å². The number of carbonyl (C=O) groups is 1. The zero-order chi connectivity index (χ0) is 20.7. The fourth-order valence-electron chi connectivity index (χ4n) is 3.25. The Balaban J connectivity index is 1.32. The van der Waals surface area contributed by atoms with Crippen molar-refractivity contribution in [3.63, 3.8) is 0 Å². The highest BCUT2D eigenvalue weighted by Crippen LogP contribution is 2.36. The number of nitrogens with one attached hydrogen (secondary N) is 2. The van der Waals surface area contributed by atoms with E-state index >= 15 is 0 Å². The van der Waals surface area contributed by atoms with Crippen molar-refractivity contribution < 1.29 is 9.72 Å². The van der Waals surface area contributed by atoms with Gasteiger partial charge in [-0.25, -0.2) is 4.68 Å². The van der Waals surface area contributed by atoms with Crippen molar-refractivity contribution in [1.82, 2.24) is 20.2 Å². The summed E-state index contributed by atoms with van der Waals surface area (Å²) in [5.41, 5.74) is 2.01. The van der Waals surface area contributed by atoms with Crippen molar-refractivity contribution in [3.8, 4) is 11.4 Å². The van der Waals surface area contributed by atoms with E-state index in [9.17, 15) is 14.9 Å². The van der Waals surface area contributed by atoms with E-state index in [0.717, 1.165) is 31.2 Å². The predicted molar refractivity (Wildman–Crippen MR) is 109 cm³/mol. The first-order valence-electron chi connectivity index (χ1n) is 9.83. The number of hydrogen-bond donors (Lipinski definition) is 2. The van der Waals surface area contributed by atoms with Crippen molar-refractivity contribution in [2.24, 2.45) is 0 Å². The van der Waals surface area contributed by atoms with Crippen molar-refractivity contribution in [2.45, 2.75) is 37.8 Å². The number of rotatable bonds is 7. The zero-order valence-electron chi connectivity index (χ0n) is 16.0. The van der Waals surface area contributed by atoms with Gasteiger partial charge in [0.1, 0.15) is 5.69 Å². The van der Waals surface area contributed by atoms with Gasteiger partial charge in [0.15, 0.2) is 5.82 Å². The smallest absolute Gasteiger partial charge is 0.293 e. The molecule has 3 aromatic rings. The van der Waals surface area contributed by atoms with Gasteiger partial charge in [-0.15, -0.1) is 5.10 Å². The summed E-state index contributed by atoms with van der Waals surface area (Å²) >= 11 is 0. The molecule has 10 heteroatoms. The molecule has 0 atom stereocenters. The molecule has 0 aliphatic heterocycles. The number of carbonyl (C=O) groups excluding carboxylic acids is 1. The third kappa shape index (κ3) is 3.71. The lowest BCUT2D eigenvalue weighted by atomic mass is 10.1. The molecule has 152 valence electrons. The van der Waals surface area contributed by atoms with Crippen LogP contribution in [0.2, 0.25) is 0 Å². The van der Waals surface area contributed by atoms with Crippen molar-refractivity contribution in [2.75, 3.05) is 10.6 Å². The molecule has 2 aromatic carbocycles. The molecule has 10 nitrogen and oxygen atoms in total. The molecule has 2 aliphatic rings. The molecule has 1 amide bonds. The van der Waals surface area contributed by atoms with Crippen LogP contribution >= 0.6 is 0 Å². The van der Waals surface area contributed by atoms with E-state index in [4.69, 9.17) is 0 Å². The molecule has 2 fully saturated rings. The Kier molecular flexibility index (Phi) is 4.38. The highest BCUT2D eigenvalue weighted by atomic mass is 16.6. The van der Waals surface area contributed by atoms with Gasteiger partial charge < -0.3 is 10.6 Å².